The molecule has 0 spiro atoms. The zero-order valence-electron chi connectivity index (χ0n) is 7.95. The molecule has 0 atom stereocenters. The topological polar surface area (TPSA) is 40.6 Å². The summed E-state index contributed by atoms with van der Waals surface area (Å²) in [6, 6.07) is 0. The molecule has 0 unspecified atom stereocenters. The number of rotatable bonds is 3. The molecular formula is C9H15N2O2. The van der Waals surface area contributed by atoms with E-state index in [4.69, 9.17) is 0 Å². The molecule has 1 amide bonds. The number of nitrogens with zero attached hydrogens (tertiary/aromatic N) is 2. The fourth-order valence-corrected chi connectivity index (χ4v) is 1.56. The molecule has 0 saturated carbocycles. The zero-order valence-corrected chi connectivity index (χ0v) is 7.95. The summed E-state index contributed by atoms with van der Waals surface area (Å²) in [4.78, 5) is 24.9. The van der Waals surface area contributed by atoms with Gasteiger partial charge in [-0.1, -0.05) is 6.92 Å². The van der Waals surface area contributed by atoms with Crippen molar-refractivity contribution >= 4 is 12.2 Å². The number of hydrogen-bond donors (Lipinski definition) is 0. The molecule has 1 aliphatic rings. The first-order valence-electron chi connectivity index (χ1n) is 4.67. The fraction of sp³-hybridized carbons (Fsp3) is 0.778. The highest BCUT2D eigenvalue weighted by molar-refractivity contribution is 6.23. The van der Waals surface area contributed by atoms with Gasteiger partial charge in [0.05, 0.1) is 0 Å². The second kappa shape index (κ2) is 4.97. The predicted molar refractivity (Wildman–Crippen MR) is 49.0 cm³/mol. The van der Waals surface area contributed by atoms with Gasteiger partial charge in [0.1, 0.15) is 0 Å². The summed E-state index contributed by atoms with van der Waals surface area (Å²) in [5.74, 6) is -0.504. The van der Waals surface area contributed by atoms with Gasteiger partial charge in [-0.2, -0.15) is 0 Å². The molecule has 0 N–H and O–H groups in total. The molecule has 0 aromatic carbocycles. The van der Waals surface area contributed by atoms with Gasteiger partial charge < -0.3 is 4.90 Å². The van der Waals surface area contributed by atoms with Gasteiger partial charge in [-0.15, -0.1) is 0 Å². The SMILES string of the molecule is CCCN1CCN(C(=O)[C]=O)CC1. The Morgan fingerprint density at radius 3 is 2.38 bits per heavy atom. The average molecular weight is 183 g/mol. The molecule has 0 bridgehead atoms. The van der Waals surface area contributed by atoms with E-state index in [0.717, 1.165) is 26.1 Å². The highest BCUT2D eigenvalue weighted by atomic mass is 16.2. The molecule has 0 aromatic rings. The molecule has 1 radical (unpaired) electrons. The van der Waals surface area contributed by atoms with Crippen molar-refractivity contribution in [3.63, 3.8) is 0 Å². The molecule has 1 heterocycles. The summed E-state index contributed by atoms with van der Waals surface area (Å²) in [5.41, 5.74) is 0. The third-order valence-corrected chi connectivity index (χ3v) is 2.29. The van der Waals surface area contributed by atoms with Crippen molar-refractivity contribution in [1.82, 2.24) is 9.80 Å². The van der Waals surface area contributed by atoms with E-state index in [2.05, 4.69) is 11.8 Å². The van der Waals surface area contributed by atoms with Crippen LogP contribution in [0.3, 0.4) is 0 Å². The molecule has 0 aliphatic carbocycles. The molecular weight excluding hydrogens is 168 g/mol. The van der Waals surface area contributed by atoms with Gasteiger partial charge in [0.15, 0.2) is 0 Å². The van der Waals surface area contributed by atoms with Crippen LogP contribution in [0.4, 0.5) is 0 Å². The minimum atomic E-state index is -0.504. The monoisotopic (exact) mass is 183 g/mol. The standard InChI is InChI=1S/C9H15N2O2/c1-2-3-10-4-6-11(7-5-10)9(13)8-12/h2-7H2,1H3. The van der Waals surface area contributed by atoms with E-state index in [-0.39, 0.29) is 0 Å². The Labute approximate surface area is 78.5 Å². The second-order valence-electron chi connectivity index (χ2n) is 3.24. The maximum Gasteiger partial charge on any atom is 0.298 e. The number of hydrogen-bond acceptors (Lipinski definition) is 3. The van der Waals surface area contributed by atoms with Crippen molar-refractivity contribution in [3.05, 3.63) is 0 Å². The van der Waals surface area contributed by atoms with E-state index in [1.165, 1.54) is 6.29 Å². The van der Waals surface area contributed by atoms with Crippen LogP contribution < -0.4 is 0 Å². The predicted octanol–water partition coefficient (Wildman–Crippen LogP) is -0.350. The number of piperazine rings is 1. The molecule has 1 aliphatic heterocycles. The van der Waals surface area contributed by atoms with Gasteiger partial charge in [0.25, 0.3) is 12.2 Å². The van der Waals surface area contributed by atoms with E-state index in [0.29, 0.717) is 13.1 Å². The Morgan fingerprint density at radius 2 is 1.92 bits per heavy atom. The Kier molecular flexibility index (Phi) is 3.89. The number of carbonyl (C=O) groups excluding carboxylic acids is 2. The Bertz CT molecular complexity index is 186. The minimum Gasteiger partial charge on any atom is -0.333 e. The van der Waals surface area contributed by atoms with Crippen molar-refractivity contribution in [2.24, 2.45) is 0 Å². The van der Waals surface area contributed by atoms with Crippen LogP contribution in [0.15, 0.2) is 0 Å². The van der Waals surface area contributed by atoms with Crippen LogP contribution in [0, 0.1) is 0 Å². The van der Waals surface area contributed by atoms with Gasteiger partial charge in [-0.25, -0.2) is 0 Å². The number of amides is 1. The highest BCUT2D eigenvalue weighted by Crippen LogP contribution is 2.01. The van der Waals surface area contributed by atoms with Gasteiger partial charge >= 0.3 is 0 Å². The van der Waals surface area contributed by atoms with Gasteiger partial charge in [0.2, 0.25) is 0 Å². The third-order valence-electron chi connectivity index (χ3n) is 2.29. The van der Waals surface area contributed by atoms with Crippen LogP contribution in [-0.4, -0.2) is 54.7 Å². The van der Waals surface area contributed by atoms with Crippen LogP contribution in [-0.2, 0) is 9.59 Å². The normalized spacial score (nSPS) is 18.7. The molecule has 13 heavy (non-hydrogen) atoms. The van der Waals surface area contributed by atoms with Crippen molar-refractivity contribution in [3.8, 4) is 0 Å². The lowest BCUT2D eigenvalue weighted by atomic mass is 10.3. The third kappa shape index (κ3) is 2.81. The van der Waals surface area contributed by atoms with Crippen LogP contribution in [0.5, 0.6) is 0 Å². The van der Waals surface area contributed by atoms with E-state index >= 15 is 0 Å². The maximum atomic E-state index is 10.9. The summed E-state index contributed by atoms with van der Waals surface area (Å²) < 4.78 is 0. The van der Waals surface area contributed by atoms with Crippen molar-refractivity contribution in [2.45, 2.75) is 13.3 Å². The van der Waals surface area contributed by atoms with Gasteiger partial charge in [-0.3, -0.25) is 14.5 Å². The Balaban J connectivity index is 2.30. The fourth-order valence-electron chi connectivity index (χ4n) is 1.56. The molecule has 73 valence electrons. The maximum absolute atomic E-state index is 10.9. The first kappa shape index (κ1) is 10.2. The lowest BCUT2D eigenvalue weighted by molar-refractivity contribution is -0.125. The molecule has 1 rings (SSSR count). The average Bonchev–Trinajstić information content (AvgIpc) is 2.18. The van der Waals surface area contributed by atoms with E-state index in [1.54, 1.807) is 4.90 Å². The molecule has 4 heteroatoms. The van der Waals surface area contributed by atoms with E-state index in [9.17, 15) is 9.59 Å². The first-order chi connectivity index (χ1) is 6.27. The van der Waals surface area contributed by atoms with Crippen LogP contribution >= 0.6 is 0 Å². The smallest absolute Gasteiger partial charge is 0.298 e. The number of carbonyl (C=O) groups is 1. The molecule has 1 saturated heterocycles. The van der Waals surface area contributed by atoms with Gasteiger partial charge in [-0.05, 0) is 13.0 Å². The van der Waals surface area contributed by atoms with Crippen LogP contribution in [0.25, 0.3) is 0 Å². The van der Waals surface area contributed by atoms with Crippen molar-refractivity contribution in [1.29, 1.82) is 0 Å². The Morgan fingerprint density at radius 1 is 1.31 bits per heavy atom. The lowest BCUT2D eigenvalue weighted by Gasteiger charge is -2.33. The summed E-state index contributed by atoms with van der Waals surface area (Å²) in [6.45, 7) is 6.29. The van der Waals surface area contributed by atoms with Crippen molar-refractivity contribution < 1.29 is 9.59 Å². The van der Waals surface area contributed by atoms with E-state index in [1.807, 2.05) is 0 Å². The second-order valence-corrected chi connectivity index (χ2v) is 3.24. The summed E-state index contributed by atoms with van der Waals surface area (Å²) in [6.07, 6.45) is 2.53. The minimum absolute atomic E-state index is 0.504. The van der Waals surface area contributed by atoms with Crippen LogP contribution in [0.1, 0.15) is 13.3 Å². The van der Waals surface area contributed by atoms with Crippen molar-refractivity contribution in [2.75, 3.05) is 32.7 Å². The van der Waals surface area contributed by atoms with Crippen LogP contribution in [0.2, 0.25) is 0 Å². The zero-order chi connectivity index (χ0) is 9.68. The lowest BCUT2D eigenvalue weighted by Crippen LogP contribution is -2.49. The molecule has 4 nitrogen and oxygen atoms in total. The summed E-state index contributed by atoms with van der Waals surface area (Å²) >= 11 is 0. The Hall–Kier alpha value is -0.900. The first-order valence-corrected chi connectivity index (χ1v) is 4.67. The summed E-state index contributed by atoms with van der Waals surface area (Å²) in [5, 5.41) is 0. The van der Waals surface area contributed by atoms with Gasteiger partial charge in [0, 0.05) is 26.2 Å². The quantitative estimate of drug-likeness (QED) is 0.561. The molecule has 1 fully saturated rings. The largest absolute Gasteiger partial charge is 0.333 e. The summed E-state index contributed by atoms with van der Waals surface area (Å²) in [7, 11) is 0. The molecule has 0 aromatic heterocycles. The van der Waals surface area contributed by atoms with E-state index < -0.39 is 5.91 Å². The highest BCUT2D eigenvalue weighted by Gasteiger charge is 2.19.